The van der Waals surface area contributed by atoms with E-state index >= 15 is 0 Å². The molecule has 4 nitrogen and oxygen atoms in total. The molecule has 0 fully saturated rings. The third kappa shape index (κ3) is 5.08. The summed E-state index contributed by atoms with van der Waals surface area (Å²) in [5.41, 5.74) is 17.2. The summed E-state index contributed by atoms with van der Waals surface area (Å²) < 4.78 is 15.8. The van der Waals surface area contributed by atoms with E-state index in [2.05, 4.69) is 234 Å². The van der Waals surface area contributed by atoms with Gasteiger partial charge >= 0.3 is 0 Å². The van der Waals surface area contributed by atoms with Gasteiger partial charge in [0, 0.05) is 49.7 Å². The molecule has 0 amide bonds. The summed E-state index contributed by atoms with van der Waals surface area (Å²) in [7, 11) is 0. The Morgan fingerprint density at radius 3 is 1.82 bits per heavy atom. The number of benzene rings is 10. The average Bonchev–Trinajstić information content (AvgIpc) is 4.01. The Balaban J connectivity index is 0.972. The maximum absolute atomic E-state index is 6.80. The first-order chi connectivity index (χ1) is 32.2. The van der Waals surface area contributed by atoms with Crippen LogP contribution < -0.4 is 9.64 Å². The Hall–Kier alpha value is -8.60. The van der Waals surface area contributed by atoms with E-state index in [0.717, 1.165) is 72.9 Å². The smallest absolute Gasteiger partial charge is 0.159 e. The zero-order valence-corrected chi connectivity index (χ0v) is 35.2. The SMILES string of the molecule is c1ccc(-n2c3ccccc3c3cc(-c4ccc(N(c5ccc6c(c5)C5(c7ccccc7Oc7ccccc75)c5ccccc5-6)c5cccc6c5oc5ccccc56)cc4)ccc32)cc1. The van der Waals surface area contributed by atoms with Gasteiger partial charge in [0.2, 0.25) is 0 Å². The van der Waals surface area contributed by atoms with E-state index in [-0.39, 0.29) is 0 Å². The molecule has 1 spiro atoms. The van der Waals surface area contributed by atoms with E-state index in [1.54, 1.807) is 0 Å². The van der Waals surface area contributed by atoms with Gasteiger partial charge in [-0.05, 0) is 112 Å². The molecular formula is C61H38N2O2. The standard InChI is InChI=1S/C61H38N2O2/c1-2-15-41(16-3-1)63-54-24-10-5-18-46(54)49-37-40(31-36-55(49)63)39-29-32-42(33-30-39)62(56-25-14-20-48-47-19-6-11-26-57(47)65-60(48)56)43-34-35-45-44-17-4-7-21-50(44)61(53(45)38-43)51-22-8-12-27-58(51)64-59-28-13-9-23-52(59)61/h1-38H. The highest BCUT2D eigenvalue weighted by Crippen LogP contribution is 2.62. The second kappa shape index (κ2) is 13.7. The highest BCUT2D eigenvalue weighted by molar-refractivity contribution is 6.12. The molecule has 3 heterocycles. The number of rotatable bonds is 5. The first kappa shape index (κ1) is 35.9. The van der Waals surface area contributed by atoms with E-state index < -0.39 is 5.41 Å². The zero-order valence-electron chi connectivity index (χ0n) is 35.2. The van der Waals surface area contributed by atoms with Gasteiger partial charge in [-0.3, -0.25) is 0 Å². The number of nitrogens with zero attached hydrogens (tertiary/aromatic N) is 2. The van der Waals surface area contributed by atoms with Crippen LogP contribution in [0.3, 0.4) is 0 Å². The van der Waals surface area contributed by atoms with Crippen molar-refractivity contribution in [2.75, 3.05) is 4.90 Å². The lowest BCUT2D eigenvalue weighted by molar-refractivity contribution is 0.436. The van der Waals surface area contributed by atoms with Crippen molar-refractivity contribution in [1.29, 1.82) is 0 Å². The fraction of sp³-hybridized carbons (Fsp3) is 0.0164. The molecule has 2 aromatic heterocycles. The van der Waals surface area contributed by atoms with Gasteiger partial charge in [-0.25, -0.2) is 0 Å². The second-order valence-electron chi connectivity index (χ2n) is 17.2. The topological polar surface area (TPSA) is 30.5 Å². The number of aromatic nitrogens is 1. The van der Waals surface area contributed by atoms with Crippen LogP contribution >= 0.6 is 0 Å². The summed E-state index contributed by atoms with van der Waals surface area (Å²) in [5.74, 6) is 1.75. The molecule has 10 aromatic carbocycles. The second-order valence-corrected chi connectivity index (χ2v) is 17.2. The first-order valence-corrected chi connectivity index (χ1v) is 22.2. The molecule has 0 saturated heterocycles. The van der Waals surface area contributed by atoms with Crippen LogP contribution in [0.4, 0.5) is 17.1 Å². The van der Waals surface area contributed by atoms with Gasteiger partial charge in [0.1, 0.15) is 17.1 Å². The van der Waals surface area contributed by atoms with Crippen LogP contribution in [0, 0.1) is 0 Å². The van der Waals surface area contributed by atoms with Crippen LogP contribution in [0.15, 0.2) is 235 Å². The minimum atomic E-state index is -0.601. The van der Waals surface area contributed by atoms with Crippen molar-refractivity contribution >= 4 is 60.8 Å². The van der Waals surface area contributed by atoms with Crippen LogP contribution in [0.25, 0.3) is 71.7 Å². The van der Waals surface area contributed by atoms with Gasteiger partial charge in [0.15, 0.2) is 5.58 Å². The number of hydrogen-bond acceptors (Lipinski definition) is 3. The molecule has 0 unspecified atom stereocenters. The van der Waals surface area contributed by atoms with Gasteiger partial charge in [0.25, 0.3) is 0 Å². The number of furan rings is 1. The Morgan fingerprint density at radius 2 is 1.00 bits per heavy atom. The zero-order chi connectivity index (χ0) is 42.6. The highest BCUT2D eigenvalue weighted by Gasteiger charge is 2.51. The Kier molecular flexibility index (Phi) is 7.57. The van der Waals surface area contributed by atoms with Crippen molar-refractivity contribution in [2.24, 2.45) is 0 Å². The van der Waals surface area contributed by atoms with Gasteiger partial charge in [0.05, 0.1) is 22.1 Å². The van der Waals surface area contributed by atoms with Crippen LogP contribution in [-0.2, 0) is 5.41 Å². The molecule has 1 aliphatic heterocycles. The molecule has 2 aliphatic rings. The number of hydrogen-bond donors (Lipinski definition) is 0. The minimum absolute atomic E-state index is 0.601. The fourth-order valence-electron chi connectivity index (χ4n) is 11.1. The third-order valence-corrected chi connectivity index (χ3v) is 13.9. The van der Waals surface area contributed by atoms with Gasteiger partial charge in [-0.15, -0.1) is 0 Å². The maximum Gasteiger partial charge on any atom is 0.159 e. The molecule has 1 aliphatic carbocycles. The van der Waals surface area contributed by atoms with Crippen molar-refractivity contribution in [2.45, 2.75) is 5.41 Å². The molecule has 0 N–H and O–H groups in total. The van der Waals surface area contributed by atoms with Gasteiger partial charge < -0.3 is 18.6 Å². The van der Waals surface area contributed by atoms with Crippen LogP contribution in [0.5, 0.6) is 11.5 Å². The largest absolute Gasteiger partial charge is 0.457 e. The van der Waals surface area contributed by atoms with Crippen molar-refractivity contribution in [3.63, 3.8) is 0 Å². The van der Waals surface area contributed by atoms with E-state index in [0.29, 0.717) is 0 Å². The van der Waals surface area contributed by atoms with Crippen molar-refractivity contribution in [3.8, 4) is 39.4 Å². The van der Waals surface area contributed by atoms with E-state index in [1.807, 2.05) is 6.07 Å². The Bertz CT molecular complexity index is 3830. The van der Waals surface area contributed by atoms with Gasteiger partial charge in [-0.2, -0.15) is 0 Å². The molecule has 65 heavy (non-hydrogen) atoms. The number of para-hydroxylation sites is 6. The van der Waals surface area contributed by atoms with Crippen molar-refractivity contribution < 1.29 is 9.15 Å². The molecule has 0 atom stereocenters. The Labute approximate surface area is 375 Å². The normalized spacial score (nSPS) is 13.2. The molecule has 0 saturated carbocycles. The molecule has 304 valence electrons. The minimum Gasteiger partial charge on any atom is -0.457 e. The van der Waals surface area contributed by atoms with Crippen LogP contribution in [-0.4, -0.2) is 4.57 Å². The molecule has 14 rings (SSSR count). The number of fused-ring (bicyclic) bond motifs is 15. The molecular weight excluding hydrogens is 793 g/mol. The lowest BCUT2D eigenvalue weighted by Gasteiger charge is -2.39. The average molecular weight is 831 g/mol. The molecule has 4 heteroatoms. The third-order valence-electron chi connectivity index (χ3n) is 13.9. The van der Waals surface area contributed by atoms with E-state index in [1.165, 1.54) is 49.6 Å². The summed E-state index contributed by atoms with van der Waals surface area (Å²) >= 11 is 0. The van der Waals surface area contributed by atoms with Gasteiger partial charge in [-0.1, -0.05) is 152 Å². The number of ether oxygens (including phenoxy) is 1. The molecule has 12 aromatic rings. The summed E-state index contributed by atoms with van der Waals surface area (Å²) in [6.45, 7) is 0. The van der Waals surface area contributed by atoms with E-state index in [4.69, 9.17) is 9.15 Å². The quantitative estimate of drug-likeness (QED) is 0.173. The van der Waals surface area contributed by atoms with E-state index in [9.17, 15) is 0 Å². The number of anilines is 3. The van der Waals surface area contributed by atoms with Crippen LogP contribution in [0.1, 0.15) is 22.3 Å². The monoisotopic (exact) mass is 830 g/mol. The summed E-state index contributed by atoms with van der Waals surface area (Å²) in [6, 6.07) is 83.1. The Morgan fingerprint density at radius 1 is 0.385 bits per heavy atom. The maximum atomic E-state index is 6.80. The van der Waals surface area contributed by atoms with Crippen LogP contribution in [0.2, 0.25) is 0 Å². The molecule has 0 bridgehead atoms. The fourth-order valence-corrected chi connectivity index (χ4v) is 11.1. The lowest BCUT2D eigenvalue weighted by Crippen LogP contribution is -2.32. The summed E-state index contributed by atoms with van der Waals surface area (Å²) in [4.78, 5) is 2.37. The predicted octanol–water partition coefficient (Wildman–Crippen LogP) is 16.3. The summed E-state index contributed by atoms with van der Waals surface area (Å²) in [5, 5.41) is 4.65. The van der Waals surface area contributed by atoms with Crippen molar-refractivity contribution in [1.82, 2.24) is 4.57 Å². The highest BCUT2D eigenvalue weighted by atomic mass is 16.5. The van der Waals surface area contributed by atoms with Crippen molar-refractivity contribution in [3.05, 3.63) is 253 Å². The summed E-state index contributed by atoms with van der Waals surface area (Å²) in [6.07, 6.45) is 0. The lowest BCUT2D eigenvalue weighted by atomic mass is 9.66. The molecule has 0 radical (unpaired) electrons. The predicted molar refractivity (Wildman–Crippen MR) is 266 cm³/mol. The first-order valence-electron chi connectivity index (χ1n) is 22.2.